The molecular weight excluding hydrogens is 300 g/mol. The number of rotatable bonds is 2. The average Bonchev–Trinajstić information content (AvgIpc) is 2.92. The van der Waals surface area contributed by atoms with E-state index in [2.05, 4.69) is 15.5 Å². The zero-order valence-electron chi connectivity index (χ0n) is 11.4. The molecule has 0 bridgehead atoms. The summed E-state index contributed by atoms with van der Waals surface area (Å²) >= 11 is 5.91. The second-order valence-corrected chi connectivity index (χ2v) is 5.32. The van der Waals surface area contributed by atoms with Crippen LogP contribution in [0.25, 0.3) is 21.9 Å². The third-order valence-corrected chi connectivity index (χ3v) is 3.70. The largest absolute Gasteiger partial charge is 0.380 e. The minimum absolute atomic E-state index is 0.310. The van der Waals surface area contributed by atoms with Gasteiger partial charge >= 0.3 is 0 Å². The number of halogens is 1. The summed E-state index contributed by atoms with van der Waals surface area (Å²) in [6.07, 6.45) is 0. The quantitative estimate of drug-likeness (QED) is 0.575. The number of anilines is 3. The van der Waals surface area contributed by atoms with Gasteiger partial charge in [0, 0.05) is 16.1 Å². The van der Waals surface area contributed by atoms with Crippen LogP contribution in [0.1, 0.15) is 0 Å². The van der Waals surface area contributed by atoms with Crippen molar-refractivity contribution in [1.29, 1.82) is 0 Å². The van der Waals surface area contributed by atoms with E-state index in [1.165, 1.54) is 0 Å². The van der Waals surface area contributed by atoms with Gasteiger partial charge in [-0.05, 0) is 36.4 Å². The van der Waals surface area contributed by atoms with Gasteiger partial charge in [-0.15, -0.1) is 0 Å². The van der Waals surface area contributed by atoms with Crippen molar-refractivity contribution in [3.05, 3.63) is 53.6 Å². The number of aromatic nitrogens is 2. The minimum atomic E-state index is 0.310. The van der Waals surface area contributed by atoms with Gasteiger partial charge in [0.05, 0.1) is 5.52 Å². The highest BCUT2D eigenvalue weighted by atomic mass is 35.5. The first-order valence-corrected chi connectivity index (χ1v) is 7.06. The number of nitrogens with one attached hydrogen (secondary N) is 1. The summed E-state index contributed by atoms with van der Waals surface area (Å²) in [6.45, 7) is 0. The molecule has 22 heavy (non-hydrogen) atoms. The fraction of sp³-hybridized carbons (Fsp3) is 0. The number of nitrogens with two attached hydrogens (primary N) is 1. The standard InChI is InChI=1S/C16H11ClN4O/c17-9-5-7-10(8-6-9)19-16-13-14(22-21-15(13)18)11-3-1-2-4-12(11)20-16/h1-8H,(H2,18,21)(H,19,20). The predicted octanol–water partition coefficient (Wildman–Crippen LogP) is 4.36. The molecule has 108 valence electrons. The Kier molecular flexibility index (Phi) is 2.87. The lowest BCUT2D eigenvalue weighted by atomic mass is 10.1. The van der Waals surface area contributed by atoms with E-state index in [0.717, 1.165) is 16.6 Å². The normalized spacial score (nSPS) is 11.1. The summed E-state index contributed by atoms with van der Waals surface area (Å²) < 4.78 is 5.38. The summed E-state index contributed by atoms with van der Waals surface area (Å²) in [5.41, 5.74) is 8.23. The zero-order chi connectivity index (χ0) is 15.1. The van der Waals surface area contributed by atoms with Gasteiger partial charge in [-0.25, -0.2) is 4.98 Å². The number of hydrogen-bond acceptors (Lipinski definition) is 5. The van der Waals surface area contributed by atoms with Gasteiger partial charge in [0.1, 0.15) is 11.2 Å². The second kappa shape index (κ2) is 4.89. The van der Waals surface area contributed by atoms with Crippen LogP contribution < -0.4 is 11.1 Å². The molecule has 0 aliphatic rings. The summed E-state index contributed by atoms with van der Waals surface area (Å²) in [6, 6.07) is 15.0. The van der Waals surface area contributed by atoms with Crippen LogP contribution >= 0.6 is 11.6 Å². The number of nitrogens with zero attached hydrogens (tertiary/aromatic N) is 2. The molecule has 0 unspecified atom stereocenters. The number of pyridine rings is 1. The molecule has 0 amide bonds. The summed E-state index contributed by atoms with van der Waals surface area (Å²) in [7, 11) is 0. The number of fused-ring (bicyclic) bond motifs is 3. The molecule has 4 rings (SSSR count). The predicted molar refractivity (Wildman–Crippen MR) is 88.5 cm³/mol. The third kappa shape index (κ3) is 2.03. The van der Waals surface area contributed by atoms with Gasteiger partial charge in [0.2, 0.25) is 0 Å². The first kappa shape index (κ1) is 12.9. The van der Waals surface area contributed by atoms with Gasteiger partial charge in [-0.2, -0.15) is 0 Å². The molecule has 2 aromatic heterocycles. The fourth-order valence-corrected chi connectivity index (χ4v) is 2.54. The summed E-state index contributed by atoms with van der Waals surface area (Å²) in [4.78, 5) is 4.63. The molecular formula is C16H11ClN4O. The van der Waals surface area contributed by atoms with E-state index in [1.54, 1.807) is 12.1 Å². The van der Waals surface area contributed by atoms with Crippen molar-refractivity contribution in [2.24, 2.45) is 0 Å². The lowest BCUT2D eigenvalue weighted by Gasteiger charge is -2.08. The van der Waals surface area contributed by atoms with E-state index < -0.39 is 0 Å². The molecule has 0 aliphatic heterocycles. The van der Waals surface area contributed by atoms with Crippen molar-refractivity contribution in [1.82, 2.24) is 10.1 Å². The lowest BCUT2D eigenvalue weighted by Crippen LogP contribution is -1.96. The van der Waals surface area contributed by atoms with Gasteiger partial charge in [0.25, 0.3) is 0 Å². The molecule has 0 spiro atoms. The Bertz CT molecular complexity index is 979. The number of benzene rings is 2. The topological polar surface area (TPSA) is 77.0 Å². The van der Waals surface area contributed by atoms with Crippen molar-refractivity contribution in [2.75, 3.05) is 11.1 Å². The highest BCUT2D eigenvalue weighted by Crippen LogP contribution is 2.34. The Labute approximate surface area is 130 Å². The first-order valence-electron chi connectivity index (χ1n) is 6.68. The Balaban J connectivity index is 1.94. The maximum absolute atomic E-state index is 5.94. The average molecular weight is 311 g/mol. The van der Waals surface area contributed by atoms with Crippen LogP contribution in [0, 0.1) is 0 Å². The smallest absolute Gasteiger partial charge is 0.182 e. The zero-order valence-corrected chi connectivity index (χ0v) is 12.1. The van der Waals surface area contributed by atoms with E-state index in [-0.39, 0.29) is 0 Å². The molecule has 0 saturated carbocycles. The van der Waals surface area contributed by atoms with Crippen LogP contribution in [0.5, 0.6) is 0 Å². The van der Waals surface area contributed by atoms with Crippen LogP contribution in [0.15, 0.2) is 53.1 Å². The first-order chi connectivity index (χ1) is 10.7. The number of para-hydroxylation sites is 1. The second-order valence-electron chi connectivity index (χ2n) is 4.88. The molecule has 4 aromatic rings. The van der Waals surface area contributed by atoms with Crippen LogP contribution in [0.4, 0.5) is 17.3 Å². The molecule has 0 fully saturated rings. The van der Waals surface area contributed by atoms with E-state index in [0.29, 0.717) is 27.6 Å². The Morgan fingerprint density at radius 2 is 1.82 bits per heavy atom. The molecule has 0 atom stereocenters. The van der Waals surface area contributed by atoms with Gasteiger partial charge in [-0.1, -0.05) is 28.9 Å². The Hall–Kier alpha value is -2.79. The van der Waals surface area contributed by atoms with E-state index in [1.807, 2.05) is 36.4 Å². The van der Waals surface area contributed by atoms with Crippen LogP contribution in [0.3, 0.4) is 0 Å². The number of hydrogen-bond donors (Lipinski definition) is 2. The third-order valence-electron chi connectivity index (χ3n) is 3.44. The van der Waals surface area contributed by atoms with E-state index in [9.17, 15) is 0 Å². The van der Waals surface area contributed by atoms with Crippen molar-refractivity contribution in [3.8, 4) is 0 Å². The van der Waals surface area contributed by atoms with Crippen molar-refractivity contribution >= 4 is 50.8 Å². The molecule has 5 nitrogen and oxygen atoms in total. The Morgan fingerprint density at radius 1 is 1.05 bits per heavy atom. The van der Waals surface area contributed by atoms with Crippen LogP contribution in [0.2, 0.25) is 5.02 Å². The van der Waals surface area contributed by atoms with E-state index >= 15 is 0 Å². The monoisotopic (exact) mass is 310 g/mol. The number of nitrogen functional groups attached to an aromatic ring is 1. The molecule has 0 saturated heterocycles. The van der Waals surface area contributed by atoms with Crippen molar-refractivity contribution in [2.45, 2.75) is 0 Å². The van der Waals surface area contributed by atoms with Crippen LogP contribution in [-0.2, 0) is 0 Å². The van der Waals surface area contributed by atoms with Gasteiger partial charge in [0.15, 0.2) is 11.4 Å². The highest BCUT2D eigenvalue weighted by molar-refractivity contribution is 6.30. The molecule has 2 aromatic carbocycles. The SMILES string of the molecule is Nc1noc2c1c(Nc1ccc(Cl)cc1)nc1ccccc12. The van der Waals surface area contributed by atoms with E-state index in [4.69, 9.17) is 21.9 Å². The van der Waals surface area contributed by atoms with Gasteiger partial charge in [-0.3, -0.25) is 0 Å². The molecule has 3 N–H and O–H groups in total. The summed E-state index contributed by atoms with van der Waals surface area (Å²) in [5.74, 6) is 0.916. The molecule has 2 heterocycles. The maximum Gasteiger partial charge on any atom is 0.182 e. The van der Waals surface area contributed by atoms with Crippen molar-refractivity contribution < 1.29 is 4.52 Å². The minimum Gasteiger partial charge on any atom is -0.380 e. The molecule has 6 heteroatoms. The Morgan fingerprint density at radius 3 is 2.64 bits per heavy atom. The highest BCUT2D eigenvalue weighted by Gasteiger charge is 2.16. The maximum atomic E-state index is 5.94. The molecule has 0 aliphatic carbocycles. The summed E-state index contributed by atoms with van der Waals surface area (Å²) in [5, 5.41) is 9.33. The van der Waals surface area contributed by atoms with Crippen LogP contribution in [-0.4, -0.2) is 10.1 Å². The molecule has 0 radical (unpaired) electrons. The van der Waals surface area contributed by atoms with Crippen molar-refractivity contribution in [3.63, 3.8) is 0 Å². The fourth-order valence-electron chi connectivity index (χ4n) is 2.42. The lowest BCUT2D eigenvalue weighted by molar-refractivity contribution is 0.462. The van der Waals surface area contributed by atoms with Gasteiger partial charge < -0.3 is 15.6 Å².